The third-order valence-corrected chi connectivity index (χ3v) is 6.51. The Hall–Kier alpha value is -1.31. The molecule has 0 radical (unpaired) electrons. The summed E-state index contributed by atoms with van der Waals surface area (Å²) in [5.74, 6) is 1.27. The molecule has 0 fully saturated rings. The largest absolute Gasteiger partial charge is 0.354 e. The van der Waals surface area contributed by atoms with Crippen LogP contribution >= 0.6 is 43.6 Å². The molecule has 2 aromatic rings. The number of thioether (sulfide) groups is 1. The second-order valence-corrected chi connectivity index (χ2v) is 10.4. The van der Waals surface area contributed by atoms with Gasteiger partial charge in [-0.25, -0.2) is 0 Å². The van der Waals surface area contributed by atoms with Gasteiger partial charge in [0.15, 0.2) is 0 Å². The fourth-order valence-corrected chi connectivity index (χ4v) is 4.37. The van der Waals surface area contributed by atoms with Gasteiger partial charge in [-0.05, 0) is 48.2 Å². The van der Waals surface area contributed by atoms with Gasteiger partial charge in [-0.1, -0.05) is 70.0 Å². The van der Waals surface area contributed by atoms with E-state index in [1.54, 1.807) is 23.6 Å². The van der Waals surface area contributed by atoms with Gasteiger partial charge in [0.25, 0.3) is 0 Å². The van der Waals surface area contributed by atoms with E-state index in [0.717, 1.165) is 25.8 Å². The summed E-state index contributed by atoms with van der Waals surface area (Å²) >= 11 is 8.48. The number of nitrogens with one attached hydrogen (secondary N) is 1. The van der Waals surface area contributed by atoms with E-state index in [1.807, 2.05) is 62.4 Å². The van der Waals surface area contributed by atoms with Crippen molar-refractivity contribution in [3.63, 3.8) is 0 Å². The van der Waals surface area contributed by atoms with Gasteiger partial charge in [-0.2, -0.15) is 0 Å². The van der Waals surface area contributed by atoms with Crippen LogP contribution in [0.3, 0.4) is 0 Å². The van der Waals surface area contributed by atoms with Gasteiger partial charge in [0.2, 0.25) is 11.8 Å². The molecule has 1 atom stereocenters. The summed E-state index contributed by atoms with van der Waals surface area (Å²) in [6.45, 7) is 6.89. The SMILES string of the molecule is CC(C)CNC(=O)[C@@H](C)N(Cc1cccc(Br)c1)C(=O)CSCc1ccc(Br)cc1. The molecule has 4 nitrogen and oxygen atoms in total. The molecular weight excluding hydrogens is 528 g/mol. The molecular formula is C23H28Br2N2O2S. The van der Waals surface area contributed by atoms with Crippen LogP contribution in [0.25, 0.3) is 0 Å². The van der Waals surface area contributed by atoms with Gasteiger partial charge in [0.05, 0.1) is 5.75 Å². The molecule has 0 saturated heterocycles. The number of benzene rings is 2. The Bertz CT molecular complexity index is 843. The molecule has 0 aliphatic rings. The molecule has 0 aromatic heterocycles. The second-order valence-electron chi connectivity index (χ2n) is 7.59. The van der Waals surface area contributed by atoms with E-state index in [4.69, 9.17) is 0 Å². The molecule has 0 unspecified atom stereocenters. The monoisotopic (exact) mass is 554 g/mol. The van der Waals surface area contributed by atoms with Crippen molar-refractivity contribution in [1.82, 2.24) is 10.2 Å². The molecule has 1 N–H and O–H groups in total. The Morgan fingerprint density at radius 2 is 1.70 bits per heavy atom. The van der Waals surface area contributed by atoms with E-state index >= 15 is 0 Å². The first-order valence-electron chi connectivity index (χ1n) is 9.90. The smallest absolute Gasteiger partial charge is 0.242 e. The van der Waals surface area contributed by atoms with Crippen molar-refractivity contribution in [1.29, 1.82) is 0 Å². The Morgan fingerprint density at radius 1 is 1.00 bits per heavy atom. The molecule has 2 rings (SSSR count). The molecule has 30 heavy (non-hydrogen) atoms. The van der Waals surface area contributed by atoms with E-state index in [2.05, 4.69) is 37.2 Å². The molecule has 0 spiro atoms. The van der Waals surface area contributed by atoms with Crippen LogP contribution in [0.5, 0.6) is 0 Å². The molecule has 2 amide bonds. The van der Waals surface area contributed by atoms with Crippen LogP contribution in [0, 0.1) is 5.92 Å². The lowest BCUT2D eigenvalue weighted by Crippen LogP contribution is -2.48. The number of carbonyl (C=O) groups excluding carboxylic acids is 2. The van der Waals surface area contributed by atoms with E-state index in [1.165, 1.54) is 0 Å². The summed E-state index contributed by atoms with van der Waals surface area (Å²) in [6.07, 6.45) is 0. The zero-order chi connectivity index (χ0) is 22.1. The number of nitrogens with zero attached hydrogens (tertiary/aromatic N) is 1. The summed E-state index contributed by atoms with van der Waals surface area (Å²) < 4.78 is 1.99. The first-order chi connectivity index (χ1) is 14.3. The molecule has 0 saturated carbocycles. The van der Waals surface area contributed by atoms with Gasteiger partial charge in [-0.3, -0.25) is 9.59 Å². The lowest BCUT2D eigenvalue weighted by Gasteiger charge is -2.29. The Morgan fingerprint density at radius 3 is 2.33 bits per heavy atom. The fraction of sp³-hybridized carbons (Fsp3) is 0.391. The third kappa shape index (κ3) is 8.44. The summed E-state index contributed by atoms with van der Waals surface area (Å²) in [7, 11) is 0. The highest BCUT2D eigenvalue weighted by molar-refractivity contribution is 9.10. The Labute approximate surface area is 200 Å². The lowest BCUT2D eigenvalue weighted by atomic mass is 10.1. The van der Waals surface area contributed by atoms with Crippen LogP contribution in [0.15, 0.2) is 57.5 Å². The Balaban J connectivity index is 2.05. The minimum absolute atomic E-state index is 0.0377. The van der Waals surface area contributed by atoms with Crippen molar-refractivity contribution < 1.29 is 9.59 Å². The van der Waals surface area contributed by atoms with Crippen molar-refractivity contribution in [2.24, 2.45) is 5.92 Å². The maximum atomic E-state index is 13.1. The normalized spacial score (nSPS) is 11.9. The lowest BCUT2D eigenvalue weighted by molar-refractivity contribution is -0.138. The summed E-state index contributed by atoms with van der Waals surface area (Å²) in [6, 6.07) is 15.4. The third-order valence-electron chi connectivity index (χ3n) is 4.50. The van der Waals surface area contributed by atoms with Gasteiger partial charge in [0.1, 0.15) is 6.04 Å². The zero-order valence-electron chi connectivity index (χ0n) is 17.5. The van der Waals surface area contributed by atoms with E-state index in [-0.39, 0.29) is 11.8 Å². The topological polar surface area (TPSA) is 49.4 Å². The van der Waals surface area contributed by atoms with Crippen molar-refractivity contribution in [3.8, 4) is 0 Å². The fourth-order valence-electron chi connectivity index (χ4n) is 2.79. The molecule has 0 bridgehead atoms. The first-order valence-corrected chi connectivity index (χ1v) is 12.6. The average molecular weight is 556 g/mol. The van der Waals surface area contributed by atoms with Crippen LogP contribution < -0.4 is 5.32 Å². The van der Waals surface area contributed by atoms with Crippen molar-refractivity contribution >= 4 is 55.4 Å². The number of amides is 2. The molecule has 0 heterocycles. The van der Waals surface area contributed by atoms with E-state index in [9.17, 15) is 9.59 Å². The highest BCUT2D eigenvalue weighted by Crippen LogP contribution is 2.19. The van der Waals surface area contributed by atoms with Crippen molar-refractivity contribution in [2.75, 3.05) is 12.3 Å². The molecule has 2 aromatic carbocycles. The predicted octanol–water partition coefficient (Wildman–Crippen LogP) is 5.63. The number of rotatable bonds is 10. The Kier molecular flexibility index (Phi) is 10.4. The van der Waals surface area contributed by atoms with Crippen LogP contribution in [-0.2, 0) is 21.9 Å². The predicted molar refractivity (Wildman–Crippen MR) is 132 cm³/mol. The highest BCUT2D eigenvalue weighted by Gasteiger charge is 2.26. The van der Waals surface area contributed by atoms with Crippen molar-refractivity contribution in [2.45, 2.75) is 39.1 Å². The number of hydrogen-bond acceptors (Lipinski definition) is 3. The van der Waals surface area contributed by atoms with Gasteiger partial charge in [0, 0.05) is 27.8 Å². The summed E-state index contributed by atoms with van der Waals surface area (Å²) in [5.41, 5.74) is 2.15. The zero-order valence-corrected chi connectivity index (χ0v) is 21.5. The minimum Gasteiger partial charge on any atom is -0.354 e. The van der Waals surface area contributed by atoms with Crippen molar-refractivity contribution in [3.05, 3.63) is 68.6 Å². The van der Waals surface area contributed by atoms with Gasteiger partial charge >= 0.3 is 0 Å². The van der Waals surface area contributed by atoms with Gasteiger partial charge < -0.3 is 10.2 Å². The first kappa shape index (κ1) is 25.0. The maximum Gasteiger partial charge on any atom is 0.242 e. The van der Waals surface area contributed by atoms with Crippen LogP contribution in [0.2, 0.25) is 0 Å². The number of halogens is 2. The van der Waals surface area contributed by atoms with E-state index < -0.39 is 6.04 Å². The summed E-state index contributed by atoms with van der Waals surface area (Å²) in [5, 5.41) is 2.95. The van der Waals surface area contributed by atoms with Crippen LogP contribution in [0.1, 0.15) is 31.9 Å². The molecule has 7 heteroatoms. The second kappa shape index (κ2) is 12.5. The van der Waals surface area contributed by atoms with Gasteiger partial charge in [-0.15, -0.1) is 11.8 Å². The maximum absolute atomic E-state index is 13.1. The molecule has 0 aliphatic heterocycles. The number of carbonyl (C=O) groups is 2. The quantitative estimate of drug-likeness (QED) is 0.413. The standard InChI is InChI=1S/C23H28Br2N2O2S/c1-16(2)12-26-23(29)17(3)27(13-19-5-4-6-21(25)11-19)22(28)15-30-14-18-7-9-20(24)10-8-18/h4-11,16-17H,12-15H2,1-3H3,(H,26,29)/t17-/m1/s1. The minimum atomic E-state index is -0.538. The van der Waals surface area contributed by atoms with Crippen LogP contribution in [-0.4, -0.2) is 35.1 Å². The molecule has 162 valence electrons. The van der Waals surface area contributed by atoms with E-state index in [0.29, 0.717) is 24.8 Å². The average Bonchev–Trinajstić information content (AvgIpc) is 2.71. The highest BCUT2D eigenvalue weighted by atomic mass is 79.9. The molecule has 0 aliphatic carbocycles. The number of hydrogen-bond donors (Lipinski definition) is 1. The van der Waals surface area contributed by atoms with Crippen LogP contribution in [0.4, 0.5) is 0 Å². The summed E-state index contributed by atoms with van der Waals surface area (Å²) in [4.78, 5) is 27.4.